The Kier molecular flexibility index (Phi) is 3.25. The van der Waals surface area contributed by atoms with E-state index >= 15 is 0 Å². The number of rotatable bonds is 4. The van der Waals surface area contributed by atoms with Gasteiger partial charge in [0.15, 0.2) is 0 Å². The van der Waals surface area contributed by atoms with Crippen LogP contribution in [0, 0.1) is 6.92 Å². The maximum Gasteiger partial charge on any atom is 0.205 e. The van der Waals surface area contributed by atoms with E-state index in [9.17, 15) is 0 Å². The molecule has 5 heteroatoms. The molecule has 0 amide bonds. The average Bonchev–Trinajstić information content (AvgIpc) is 2.37. The monoisotopic (exact) mass is 173 g/mol. The smallest absolute Gasteiger partial charge is 0.205 e. The molecule has 1 aromatic heterocycles. The number of aromatic nitrogens is 2. The highest BCUT2D eigenvalue weighted by atomic mass is 32.1. The fourth-order valence-electron chi connectivity index (χ4n) is 0.642. The molecule has 11 heavy (non-hydrogen) atoms. The second-order valence-corrected chi connectivity index (χ2v) is 3.31. The highest BCUT2D eigenvalue weighted by Crippen LogP contribution is 2.12. The minimum absolute atomic E-state index is 0.213. The van der Waals surface area contributed by atoms with Gasteiger partial charge in [0.05, 0.1) is 0 Å². The first-order valence-electron chi connectivity index (χ1n) is 3.48. The molecule has 0 aliphatic heterocycles. The number of nitrogens with one attached hydrogen (secondary N) is 1. The summed E-state index contributed by atoms with van der Waals surface area (Å²) in [7, 11) is 0. The zero-order valence-electron chi connectivity index (χ0n) is 6.37. The van der Waals surface area contributed by atoms with E-state index in [0.717, 1.165) is 23.1 Å². The van der Waals surface area contributed by atoms with Crippen molar-refractivity contribution < 1.29 is 5.11 Å². The predicted octanol–water partition coefficient (Wildman–Crippen LogP) is 0.641. The van der Waals surface area contributed by atoms with Gasteiger partial charge in [-0.2, -0.15) is 0 Å². The lowest BCUT2D eigenvalue weighted by molar-refractivity contribution is 0.292. The van der Waals surface area contributed by atoms with Gasteiger partial charge in [-0.25, -0.2) is 0 Å². The van der Waals surface area contributed by atoms with E-state index in [4.69, 9.17) is 5.11 Å². The number of nitrogens with zero attached hydrogens (tertiary/aromatic N) is 2. The van der Waals surface area contributed by atoms with Crippen molar-refractivity contribution in [3.63, 3.8) is 0 Å². The summed E-state index contributed by atoms with van der Waals surface area (Å²) in [6, 6.07) is 0. The highest BCUT2D eigenvalue weighted by molar-refractivity contribution is 7.15. The third kappa shape index (κ3) is 2.81. The summed E-state index contributed by atoms with van der Waals surface area (Å²) in [4.78, 5) is 0. The Morgan fingerprint density at radius 2 is 2.36 bits per heavy atom. The average molecular weight is 173 g/mol. The largest absolute Gasteiger partial charge is 0.396 e. The van der Waals surface area contributed by atoms with E-state index in [2.05, 4.69) is 15.5 Å². The Bertz CT molecular complexity index is 213. The van der Waals surface area contributed by atoms with Crippen LogP contribution in [-0.2, 0) is 0 Å². The van der Waals surface area contributed by atoms with Gasteiger partial charge in [0, 0.05) is 13.2 Å². The number of aryl methyl sites for hydroxylation is 1. The van der Waals surface area contributed by atoms with Gasteiger partial charge in [0.2, 0.25) is 5.13 Å². The van der Waals surface area contributed by atoms with Crippen LogP contribution in [0.1, 0.15) is 11.4 Å². The Morgan fingerprint density at radius 1 is 1.55 bits per heavy atom. The molecular formula is C6H11N3OS. The van der Waals surface area contributed by atoms with Crippen LogP contribution in [0.2, 0.25) is 0 Å². The Morgan fingerprint density at radius 3 is 2.91 bits per heavy atom. The standard InChI is InChI=1S/C6H11N3OS/c1-5-8-9-6(11-5)7-3-2-4-10/h10H,2-4H2,1H3,(H,7,9). The molecule has 0 aliphatic rings. The summed E-state index contributed by atoms with van der Waals surface area (Å²) in [5, 5.41) is 21.0. The molecule has 0 aliphatic carbocycles. The number of hydrogen-bond donors (Lipinski definition) is 2. The van der Waals surface area contributed by atoms with E-state index in [-0.39, 0.29) is 6.61 Å². The second-order valence-electron chi connectivity index (χ2n) is 2.13. The van der Waals surface area contributed by atoms with Crippen LogP contribution in [0.5, 0.6) is 0 Å². The predicted molar refractivity (Wildman–Crippen MR) is 44.8 cm³/mol. The lowest BCUT2D eigenvalue weighted by Gasteiger charge is -1.96. The van der Waals surface area contributed by atoms with E-state index in [1.807, 2.05) is 6.92 Å². The molecule has 1 rings (SSSR count). The minimum atomic E-state index is 0.213. The van der Waals surface area contributed by atoms with Crippen LogP contribution in [0.15, 0.2) is 0 Å². The molecule has 0 aromatic carbocycles. The summed E-state index contributed by atoms with van der Waals surface area (Å²) in [6.45, 7) is 2.88. The lowest BCUT2D eigenvalue weighted by Crippen LogP contribution is -2.02. The van der Waals surface area contributed by atoms with E-state index < -0.39 is 0 Å². The molecular weight excluding hydrogens is 162 g/mol. The first-order chi connectivity index (χ1) is 5.33. The van der Waals surface area contributed by atoms with Crippen molar-refractivity contribution in [1.29, 1.82) is 0 Å². The van der Waals surface area contributed by atoms with Gasteiger partial charge in [-0.15, -0.1) is 10.2 Å². The van der Waals surface area contributed by atoms with Gasteiger partial charge in [-0.3, -0.25) is 0 Å². The normalized spacial score (nSPS) is 10.0. The first kappa shape index (κ1) is 8.42. The third-order valence-corrected chi connectivity index (χ3v) is 1.93. The van der Waals surface area contributed by atoms with Crippen LogP contribution >= 0.6 is 11.3 Å². The molecule has 0 radical (unpaired) electrons. The van der Waals surface area contributed by atoms with Crippen molar-refractivity contribution in [3.05, 3.63) is 5.01 Å². The first-order valence-corrected chi connectivity index (χ1v) is 4.29. The summed E-state index contributed by atoms with van der Waals surface area (Å²) in [5.41, 5.74) is 0. The van der Waals surface area contributed by atoms with Crippen LogP contribution in [0.25, 0.3) is 0 Å². The Balaban J connectivity index is 2.27. The van der Waals surface area contributed by atoms with Gasteiger partial charge in [-0.1, -0.05) is 11.3 Å². The third-order valence-electron chi connectivity index (χ3n) is 1.14. The maximum atomic E-state index is 8.48. The Hall–Kier alpha value is -0.680. The van der Waals surface area contributed by atoms with E-state index in [1.54, 1.807) is 0 Å². The van der Waals surface area contributed by atoms with Crippen molar-refractivity contribution >= 4 is 16.5 Å². The highest BCUT2D eigenvalue weighted by Gasteiger charge is 1.96. The van der Waals surface area contributed by atoms with Crippen molar-refractivity contribution in [2.45, 2.75) is 13.3 Å². The van der Waals surface area contributed by atoms with Crippen molar-refractivity contribution in [3.8, 4) is 0 Å². The SMILES string of the molecule is Cc1nnc(NCCCO)s1. The fraction of sp³-hybridized carbons (Fsp3) is 0.667. The van der Waals surface area contributed by atoms with Crippen LogP contribution in [0.4, 0.5) is 5.13 Å². The second kappa shape index (κ2) is 4.25. The lowest BCUT2D eigenvalue weighted by atomic mass is 10.5. The van der Waals surface area contributed by atoms with E-state index in [0.29, 0.717) is 0 Å². The van der Waals surface area contributed by atoms with Crippen LogP contribution < -0.4 is 5.32 Å². The quantitative estimate of drug-likeness (QED) is 0.656. The van der Waals surface area contributed by atoms with Crippen molar-refractivity contribution in [1.82, 2.24) is 10.2 Å². The van der Waals surface area contributed by atoms with Crippen molar-refractivity contribution in [2.75, 3.05) is 18.5 Å². The van der Waals surface area contributed by atoms with E-state index in [1.165, 1.54) is 11.3 Å². The van der Waals surface area contributed by atoms with Crippen molar-refractivity contribution in [2.24, 2.45) is 0 Å². The maximum absolute atomic E-state index is 8.48. The van der Waals surface area contributed by atoms with Crippen LogP contribution in [-0.4, -0.2) is 28.5 Å². The Labute approximate surface area is 69.3 Å². The van der Waals surface area contributed by atoms with Gasteiger partial charge in [0.25, 0.3) is 0 Å². The molecule has 0 bridgehead atoms. The summed E-state index contributed by atoms with van der Waals surface area (Å²) < 4.78 is 0. The minimum Gasteiger partial charge on any atom is -0.396 e. The molecule has 1 aromatic rings. The molecule has 4 nitrogen and oxygen atoms in total. The van der Waals surface area contributed by atoms with Gasteiger partial charge < -0.3 is 10.4 Å². The van der Waals surface area contributed by atoms with Crippen LogP contribution in [0.3, 0.4) is 0 Å². The molecule has 0 fully saturated rings. The number of aliphatic hydroxyl groups excluding tert-OH is 1. The van der Waals surface area contributed by atoms with Gasteiger partial charge in [-0.05, 0) is 13.3 Å². The molecule has 0 saturated carbocycles. The molecule has 0 unspecified atom stereocenters. The number of hydrogen-bond acceptors (Lipinski definition) is 5. The zero-order valence-corrected chi connectivity index (χ0v) is 7.19. The fourth-order valence-corrected chi connectivity index (χ4v) is 1.26. The van der Waals surface area contributed by atoms with Gasteiger partial charge >= 0.3 is 0 Å². The molecule has 62 valence electrons. The summed E-state index contributed by atoms with van der Waals surface area (Å²) >= 11 is 1.52. The topological polar surface area (TPSA) is 58.0 Å². The molecule has 2 N–H and O–H groups in total. The molecule has 1 heterocycles. The summed E-state index contributed by atoms with van der Waals surface area (Å²) in [6.07, 6.45) is 0.749. The molecule has 0 atom stereocenters. The van der Waals surface area contributed by atoms with Gasteiger partial charge in [0.1, 0.15) is 5.01 Å². The number of anilines is 1. The number of aliphatic hydroxyl groups is 1. The molecule has 0 saturated heterocycles. The summed E-state index contributed by atoms with van der Waals surface area (Å²) in [5.74, 6) is 0. The zero-order chi connectivity index (χ0) is 8.10. The molecule has 0 spiro atoms.